The normalized spacial score (nSPS) is 14.9. The lowest BCUT2D eigenvalue weighted by Gasteiger charge is -2.34. The average Bonchev–Trinajstić information content (AvgIpc) is 2.70. The molecule has 0 spiro atoms. The van der Waals surface area contributed by atoms with Crippen LogP contribution in [0.2, 0.25) is 0 Å². The van der Waals surface area contributed by atoms with Crippen LogP contribution in [0, 0.1) is 0 Å². The summed E-state index contributed by atoms with van der Waals surface area (Å²) in [5.41, 5.74) is 9.56. The molecule has 0 unspecified atom stereocenters. The summed E-state index contributed by atoms with van der Waals surface area (Å²) in [6, 6.07) is 13.9. The van der Waals surface area contributed by atoms with Gasteiger partial charge in [-0.25, -0.2) is 15.0 Å². The molecule has 1 aromatic carbocycles. The van der Waals surface area contributed by atoms with E-state index in [9.17, 15) is 0 Å². The van der Waals surface area contributed by atoms with Gasteiger partial charge in [0.15, 0.2) is 0 Å². The molecule has 1 aliphatic heterocycles. The maximum atomic E-state index is 5.65. The minimum atomic E-state index is 0.492. The first kappa shape index (κ1) is 17.2. The Morgan fingerprint density at radius 3 is 2.41 bits per heavy atom. The van der Waals surface area contributed by atoms with Crippen molar-refractivity contribution in [2.75, 3.05) is 49.2 Å². The summed E-state index contributed by atoms with van der Waals surface area (Å²) < 4.78 is 0. The Balaban J connectivity index is 1.46. The molecule has 3 heterocycles. The highest BCUT2D eigenvalue weighted by atomic mass is 15.2. The first-order chi connectivity index (χ1) is 13.2. The summed E-state index contributed by atoms with van der Waals surface area (Å²) in [6.45, 7) is 4.31. The molecule has 1 saturated heterocycles. The quantitative estimate of drug-likeness (QED) is 0.739. The van der Waals surface area contributed by atoms with E-state index in [1.54, 1.807) is 18.5 Å². The molecule has 3 aromatic rings. The van der Waals surface area contributed by atoms with E-state index in [2.05, 4.69) is 61.4 Å². The van der Waals surface area contributed by atoms with Gasteiger partial charge in [-0.1, -0.05) is 0 Å². The van der Waals surface area contributed by atoms with Gasteiger partial charge >= 0.3 is 0 Å². The molecule has 4 rings (SSSR count). The summed E-state index contributed by atoms with van der Waals surface area (Å²) in [5, 5.41) is 3.27. The standard InChI is InChI=1S/C20H23N7/c1-26-10-12-27(13-11-26)17-5-3-16(4-6-17)24-20-22-9-8-18(25-20)15-2-7-19(21)23-14-15/h2-9,14H,10-13H2,1H3,(H2,21,23)(H,22,24,25). The van der Waals surface area contributed by atoms with Gasteiger partial charge in [-0.05, 0) is 49.5 Å². The number of pyridine rings is 1. The molecule has 2 aromatic heterocycles. The van der Waals surface area contributed by atoms with Crippen LogP contribution in [0.15, 0.2) is 54.9 Å². The van der Waals surface area contributed by atoms with Crippen LogP contribution in [0.5, 0.6) is 0 Å². The molecule has 138 valence electrons. The Kier molecular flexibility index (Phi) is 4.84. The number of piperazine rings is 1. The van der Waals surface area contributed by atoms with Gasteiger partial charge in [-0.3, -0.25) is 0 Å². The van der Waals surface area contributed by atoms with Crippen molar-refractivity contribution < 1.29 is 0 Å². The Bertz CT molecular complexity index is 885. The number of hydrogen-bond acceptors (Lipinski definition) is 7. The Hall–Kier alpha value is -3.19. The van der Waals surface area contributed by atoms with E-state index < -0.39 is 0 Å². The van der Waals surface area contributed by atoms with Crippen LogP contribution in [0.1, 0.15) is 0 Å². The fourth-order valence-corrected chi connectivity index (χ4v) is 3.09. The lowest BCUT2D eigenvalue weighted by atomic mass is 10.2. The zero-order chi connectivity index (χ0) is 18.6. The molecule has 0 aliphatic carbocycles. The van der Waals surface area contributed by atoms with E-state index in [-0.39, 0.29) is 0 Å². The minimum Gasteiger partial charge on any atom is -0.384 e. The molecule has 0 atom stereocenters. The van der Waals surface area contributed by atoms with E-state index >= 15 is 0 Å². The highest BCUT2D eigenvalue weighted by molar-refractivity contribution is 5.63. The van der Waals surface area contributed by atoms with Crippen molar-refractivity contribution in [3.8, 4) is 11.3 Å². The number of nitrogen functional groups attached to an aromatic ring is 1. The highest BCUT2D eigenvalue weighted by Gasteiger charge is 2.14. The zero-order valence-corrected chi connectivity index (χ0v) is 15.3. The van der Waals surface area contributed by atoms with E-state index in [0.717, 1.165) is 43.1 Å². The SMILES string of the molecule is CN1CCN(c2ccc(Nc3nccc(-c4ccc(N)nc4)n3)cc2)CC1. The van der Waals surface area contributed by atoms with Crippen LogP contribution in [-0.4, -0.2) is 53.1 Å². The van der Waals surface area contributed by atoms with Crippen molar-refractivity contribution in [2.45, 2.75) is 0 Å². The maximum absolute atomic E-state index is 5.65. The largest absolute Gasteiger partial charge is 0.384 e. The number of benzene rings is 1. The summed E-state index contributed by atoms with van der Waals surface area (Å²) in [4.78, 5) is 17.8. The fraction of sp³-hybridized carbons (Fsp3) is 0.250. The van der Waals surface area contributed by atoms with Gasteiger partial charge < -0.3 is 20.9 Å². The van der Waals surface area contributed by atoms with Gasteiger partial charge in [0.1, 0.15) is 5.82 Å². The zero-order valence-electron chi connectivity index (χ0n) is 15.3. The molecule has 0 amide bonds. The third-order valence-electron chi connectivity index (χ3n) is 4.73. The number of aromatic nitrogens is 3. The average molecular weight is 361 g/mol. The fourth-order valence-electron chi connectivity index (χ4n) is 3.09. The van der Waals surface area contributed by atoms with Gasteiger partial charge in [0.2, 0.25) is 5.95 Å². The predicted octanol–water partition coefficient (Wildman–Crippen LogP) is 2.62. The molecule has 27 heavy (non-hydrogen) atoms. The number of hydrogen-bond donors (Lipinski definition) is 2. The van der Waals surface area contributed by atoms with Crippen molar-refractivity contribution in [1.82, 2.24) is 19.9 Å². The molecule has 7 nitrogen and oxygen atoms in total. The Labute approximate surface area is 158 Å². The van der Waals surface area contributed by atoms with Gasteiger partial charge in [0.05, 0.1) is 5.69 Å². The van der Waals surface area contributed by atoms with Crippen LogP contribution in [0.3, 0.4) is 0 Å². The smallest absolute Gasteiger partial charge is 0.227 e. The van der Waals surface area contributed by atoms with Crippen LogP contribution in [0.4, 0.5) is 23.1 Å². The van der Waals surface area contributed by atoms with E-state index in [1.807, 2.05) is 12.1 Å². The number of rotatable bonds is 4. The van der Waals surface area contributed by atoms with Gasteiger partial charge in [-0.2, -0.15) is 0 Å². The third kappa shape index (κ3) is 4.15. The molecular weight excluding hydrogens is 338 g/mol. The second-order valence-corrected chi connectivity index (χ2v) is 6.70. The van der Waals surface area contributed by atoms with Gasteiger partial charge in [0.25, 0.3) is 0 Å². The predicted molar refractivity (Wildman–Crippen MR) is 109 cm³/mol. The van der Waals surface area contributed by atoms with Gasteiger partial charge in [0, 0.05) is 55.5 Å². The number of nitrogens with one attached hydrogen (secondary N) is 1. The van der Waals surface area contributed by atoms with Crippen molar-refractivity contribution in [1.29, 1.82) is 0 Å². The van der Waals surface area contributed by atoms with E-state index in [0.29, 0.717) is 11.8 Å². The second kappa shape index (κ2) is 7.59. The molecule has 0 saturated carbocycles. The van der Waals surface area contributed by atoms with Crippen molar-refractivity contribution in [2.24, 2.45) is 0 Å². The molecule has 0 radical (unpaired) electrons. The number of likely N-dealkylation sites (N-methyl/N-ethyl adjacent to an activating group) is 1. The lowest BCUT2D eigenvalue weighted by molar-refractivity contribution is 0.313. The highest BCUT2D eigenvalue weighted by Crippen LogP contribution is 2.22. The first-order valence-electron chi connectivity index (χ1n) is 9.03. The van der Waals surface area contributed by atoms with Crippen LogP contribution in [0.25, 0.3) is 11.3 Å². The molecular formula is C20H23N7. The molecule has 3 N–H and O–H groups in total. The summed E-state index contributed by atoms with van der Waals surface area (Å²) in [6.07, 6.45) is 3.45. The second-order valence-electron chi connectivity index (χ2n) is 6.70. The third-order valence-corrected chi connectivity index (χ3v) is 4.73. The van der Waals surface area contributed by atoms with Crippen LogP contribution in [-0.2, 0) is 0 Å². The number of nitrogens with two attached hydrogens (primary N) is 1. The molecule has 0 bridgehead atoms. The number of nitrogens with zero attached hydrogens (tertiary/aromatic N) is 5. The monoisotopic (exact) mass is 361 g/mol. The van der Waals surface area contributed by atoms with Crippen molar-refractivity contribution >= 4 is 23.1 Å². The minimum absolute atomic E-state index is 0.492. The summed E-state index contributed by atoms with van der Waals surface area (Å²) in [5.74, 6) is 1.04. The maximum Gasteiger partial charge on any atom is 0.227 e. The van der Waals surface area contributed by atoms with Crippen molar-refractivity contribution in [3.05, 3.63) is 54.9 Å². The lowest BCUT2D eigenvalue weighted by Crippen LogP contribution is -2.44. The van der Waals surface area contributed by atoms with Crippen molar-refractivity contribution in [3.63, 3.8) is 0 Å². The Morgan fingerprint density at radius 1 is 0.926 bits per heavy atom. The first-order valence-corrected chi connectivity index (χ1v) is 9.03. The number of anilines is 4. The Morgan fingerprint density at radius 2 is 1.70 bits per heavy atom. The molecule has 1 aliphatic rings. The van der Waals surface area contributed by atoms with Gasteiger partial charge in [-0.15, -0.1) is 0 Å². The summed E-state index contributed by atoms with van der Waals surface area (Å²) >= 11 is 0. The molecule has 1 fully saturated rings. The van der Waals surface area contributed by atoms with E-state index in [1.165, 1.54) is 5.69 Å². The van der Waals surface area contributed by atoms with E-state index in [4.69, 9.17) is 5.73 Å². The summed E-state index contributed by atoms with van der Waals surface area (Å²) in [7, 11) is 2.17. The van der Waals surface area contributed by atoms with Crippen LogP contribution < -0.4 is 16.0 Å². The van der Waals surface area contributed by atoms with Crippen LogP contribution >= 0.6 is 0 Å². The topological polar surface area (TPSA) is 83.2 Å². The molecule has 7 heteroatoms.